The molecule has 0 aromatic heterocycles. The van der Waals surface area contributed by atoms with Crippen LogP contribution in [-0.4, -0.2) is 18.8 Å². The predicted molar refractivity (Wildman–Crippen MR) is 398 cm³/mol. The molecule has 1 aliphatic rings. The second kappa shape index (κ2) is 95.3. The third-order valence-corrected chi connectivity index (χ3v) is 10.6. The minimum absolute atomic E-state index is 0.132. The maximum Gasteiger partial charge on any atom is 0.247 e. The molecule has 0 aliphatic heterocycles. The highest BCUT2D eigenvalue weighted by Gasteiger charge is 2.25. The summed E-state index contributed by atoms with van der Waals surface area (Å²) in [4.78, 5) is 0. The predicted octanol–water partition coefficient (Wildman–Crippen LogP) is 31.6. The van der Waals surface area contributed by atoms with E-state index < -0.39 is 24.4 Å². The molecule has 4 heteroatoms. The Bertz CT molecular complexity index is 1070. The molecule has 0 N–H and O–H groups in total. The van der Waals surface area contributed by atoms with Gasteiger partial charge in [0.2, 0.25) is 5.92 Å². The average Bonchev–Trinajstić information content (AvgIpc) is 4.21. The molecule has 1 atom stereocenters. The molecule has 1 aliphatic carbocycles. The van der Waals surface area contributed by atoms with E-state index in [1.54, 1.807) is 13.8 Å². The van der Waals surface area contributed by atoms with E-state index in [0.29, 0.717) is 5.92 Å². The molecule has 0 aromatic rings. The second-order valence-electron chi connectivity index (χ2n) is 28.9. The molecule has 524 valence electrons. The van der Waals surface area contributed by atoms with Crippen molar-refractivity contribution in [3.8, 4) is 0 Å². The third kappa shape index (κ3) is 281. The lowest BCUT2D eigenvalue weighted by molar-refractivity contribution is -0.0251. The van der Waals surface area contributed by atoms with Gasteiger partial charge in [0.15, 0.2) is 0 Å². The maximum atomic E-state index is 11.8. The SMILES string of the molecule is C=CC(C)C.C=CCC(C)C.C=CCCC(C)C.CC(C)C.CC(C)C.CC(C)C(C)(F)F.CC(C)C(C)F.CC(C)C1CC1.CC(C)CF.CC=CCC(C)C.CCC(C)C.CCC(C)C.CCCC(C)C.CCCC(C)C.[2H]C([2H])(C)C(C)C. The molecule has 0 aromatic carbocycles. The molecule has 0 amide bonds. The summed E-state index contributed by atoms with van der Waals surface area (Å²) in [5.74, 6) is 7.87. The number of rotatable bonds is 19. The zero-order valence-electron chi connectivity index (χ0n) is 68.5. The minimum Gasteiger partial charge on any atom is -0.251 e. The van der Waals surface area contributed by atoms with Gasteiger partial charge in [0.05, 0.1) is 12.8 Å². The first-order valence-electron chi connectivity index (χ1n) is 35.8. The average molecular weight is 1220 g/mol. The van der Waals surface area contributed by atoms with Gasteiger partial charge in [0, 0.05) is 8.66 Å². The normalized spacial score (nSPS) is 11.8. The van der Waals surface area contributed by atoms with E-state index in [4.69, 9.17) is 2.74 Å². The number of halogens is 4. The van der Waals surface area contributed by atoms with Crippen LogP contribution in [0.2, 0.25) is 0 Å². The van der Waals surface area contributed by atoms with Crippen LogP contribution in [-0.2, 0) is 0 Å². The van der Waals surface area contributed by atoms with Gasteiger partial charge >= 0.3 is 0 Å². The van der Waals surface area contributed by atoms with Gasteiger partial charge in [0.25, 0.3) is 0 Å². The number of hydrogen-bond acceptors (Lipinski definition) is 0. The van der Waals surface area contributed by atoms with Gasteiger partial charge < -0.3 is 0 Å². The molecule has 0 heterocycles. The van der Waals surface area contributed by atoms with Crippen LogP contribution >= 0.6 is 0 Å². The van der Waals surface area contributed by atoms with Crippen LogP contribution in [0, 0.1) is 94.7 Å². The highest BCUT2D eigenvalue weighted by Crippen LogP contribution is 2.35. The quantitative estimate of drug-likeness (QED) is 0.0893. The van der Waals surface area contributed by atoms with Crippen LogP contribution in [0.4, 0.5) is 17.6 Å². The number of hydrogen-bond donors (Lipinski definition) is 0. The number of alkyl halides is 4. The van der Waals surface area contributed by atoms with Gasteiger partial charge in [-0.1, -0.05) is 331 Å². The summed E-state index contributed by atoms with van der Waals surface area (Å²) in [5.41, 5.74) is 0. The molecule has 1 fully saturated rings. The van der Waals surface area contributed by atoms with Gasteiger partial charge in [-0.15, -0.1) is 19.7 Å². The maximum absolute atomic E-state index is 11.8. The van der Waals surface area contributed by atoms with Crippen molar-refractivity contribution >= 4 is 0 Å². The van der Waals surface area contributed by atoms with E-state index in [1.807, 2.05) is 59.8 Å². The van der Waals surface area contributed by atoms with E-state index in [9.17, 15) is 17.6 Å². The first-order valence-corrected chi connectivity index (χ1v) is 34.8. The number of allylic oxidation sites excluding steroid dienone is 5. The molecule has 0 spiro atoms. The molecule has 84 heavy (non-hydrogen) atoms. The molecule has 0 radical (unpaired) electrons. The molecule has 1 unspecified atom stereocenters. The van der Waals surface area contributed by atoms with Crippen LogP contribution in [0.3, 0.4) is 0 Å². The highest BCUT2D eigenvalue weighted by atomic mass is 19.3. The van der Waals surface area contributed by atoms with Crippen LogP contribution in [0.5, 0.6) is 0 Å². The zero-order chi connectivity index (χ0) is 72.5. The van der Waals surface area contributed by atoms with Crippen molar-refractivity contribution in [2.24, 2.45) is 94.7 Å². The van der Waals surface area contributed by atoms with Gasteiger partial charge in [-0.2, -0.15) is 0 Å². The fourth-order valence-corrected chi connectivity index (χ4v) is 3.11. The van der Waals surface area contributed by atoms with Crippen LogP contribution in [0.15, 0.2) is 50.1 Å². The van der Waals surface area contributed by atoms with E-state index in [-0.39, 0.29) is 24.4 Å². The first-order chi connectivity index (χ1) is 38.7. The largest absolute Gasteiger partial charge is 0.251 e. The van der Waals surface area contributed by atoms with Crippen LogP contribution in [0.25, 0.3) is 0 Å². The lowest BCUT2D eigenvalue weighted by Crippen LogP contribution is -2.17. The van der Waals surface area contributed by atoms with Crippen molar-refractivity contribution in [3.63, 3.8) is 0 Å². The summed E-state index contributed by atoms with van der Waals surface area (Å²) in [6, 6.07) is 0. The Morgan fingerprint density at radius 1 is 0.476 bits per heavy atom. The molecule has 1 rings (SSSR count). The fourth-order valence-electron chi connectivity index (χ4n) is 3.11. The molecule has 1 saturated carbocycles. The van der Waals surface area contributed by atoms with Crippen molar-refractivity contribution < 1.29 is 20.3 Å². The van der Waals surface area contributed by atoms with Crippen molar-refractivity contribution in [2.45, 2.75) is 372 Å². The standard InChI is InChI=1S/2C7H14.C6H12.2C6H14.C6H12.C5H10F2.C5H11F.3C5H12.C5H10.C4H9F.2C4H10/c2*1-4-5-6-7(2)3;1-5(2)6-3-4-6;3*1-4-5-6(2)3;1-4(2)5(3,6)7;1-4(2)5(3)6;4*1-4-5(2)3;1-4(2)3-5;2*1-4(2)3/h4-5,7H,6H2,1-3H3;4,7H,1,5-6H2,2-3H3;5-6H,3-4H2,1-2H3;2*6H,4-5H2,1-3H3;4,6H,1,5H2,2-3H3;4H,1-3H3;4-5H,1-3H3;3*5H,4H2,1-3H3;4-5H,1H2,2-3H3;4H,3H2,1-2H3;2*4H,1-3H3/i;;;;;;;;4D2;;;;;;. The molecule has 0 bridgehead atoms. The highest BCUT2D eigenvalue weighted by molar-refractivity contribution is 4.77. The Morgan fingerprint density at radius 3 is 0.750 bits per heavy atom. The summed E-state index contributed by atoms with van der Waals surface area (Å²) in [6.07, 6.45) is 24.3. The molecular weight excluding hydrogens is 1040 g/mol. The molecular formula is C80H176F4. The van der Waals surface area contributed by atoms with E-state index in [0.717, 1.165) is 84.9 Å². The van der Waals surface area contributed by atoms with Crippen molar-refractivity contribution in [1.29, 1.82) is 0 Å². The van der Waals surface area contributed by atoms with Crippen molar-refractivity contribution in [1.82, 2.24) is 0 Å². The smallest absolute Gasteiger partial charge is 0.247 e. The lowest BCUT2D eigenvalue weighted by Gasteiger charge is -2.12. The van der Waals surface area contributed by atoms with E-state index in [2.05, 4.69) is 233 Å². The molecule has 0 nitrogen and oxygen atoms in total. The van der Waals surface area contributed by atoms with Crippen LogP contribution < -0.4 is 0 Å². The zero-order valence-corrected chi connectivity index (χ0v) is 66.5. The van der Waals surface area contributed by atoms with Gasteiger partial charge in [-0.25, -0.2) is 13.2 Å². The van der Waals surface area contributed by atoms with Gasteiger partial charge in [-0.3, -0.25) is 4.39 Å². The minimum atomic E-state index is -2.50. The monoisotopic (exact) mass is 1220 g/mol. The third-order valence-electron chi connectivity index (χ3n) is 10.6. The summed E-state index contributed by atoms with van der Waals surface area (Å²) >= 11 is 0. The Hall–Kier alpha value is -1.32. The lowest BCUT2D eigenvalue weighted by atomic mass is 10.1. The van der Waals surface area contributed by atoms with Crippen molar-refractivity contribution in [3.05, 3.63) is 50.1 Å². The Kier molecular flexibility index (Phi) is 125. The summed E-state index contributed by atoms with van der Waals surface area (Å²) in [7, 11) is 0. The summed E-state index contributed by atoms with van der Waals surface area (Å²) in [5, 5.41) is 0. The Labute approximate surface area is 541 Å². The summed E-state index contributed by atoms with van der Waals surface area (Å²) in [6.45, 7) is 92.8. The van der Waals surface area contributed by atoms with Gasteiger partial charge in [0.1, 0.15) is 0 Å². The van der Waals surface area contributed by atoms with E-state index in [1.165, 1.54) is 78.1 Å². The molecule has 0 saturated heterocycles. The van der Waals surface area contributed by atoms with Crippen LogP contribution in [0.1, 0.15) is 363 Å². The van der Waals surface area contributed by atoms with Crippen molar-refractivity contribution in [2.75, 3.05) is 6.67 Å². The topological polar surface area (TPSA) is 0 Å². The van der Waals surface area contributed by atoms with E-state index >= 15 is 0 Å². The Balaban J connectivity index is -0.0000000540. The first kappa shape index (κ1) is 110. The Morgan fingerprint density at radius 2 is 0.726 bits per heavy atom. The second-order valence-corrected chi connectivity index (χ2v) is 28.9. The fraction of sp³-hybridized carbons (Fsp3) is 0.900. The summed E-state index contributed by atoms with van der Waals surface area (Å²) < 4.78 is 60.7. The van der Waals surface area contributed by atoms with Gasteiger partial charge in [-0.05, 0) is 148 Å².